The molecule has 2 N–H and O–H groups in total. The predicted octanol–water partition coefficient (Wildman–Crippen LogP) is 5.12. The van der Waals surface area contributed by atoms with E-state index in [1.807, 2.05) is 18.2 Å². The molecule has 0 unspecified atom stereocenters. The molecule has 0 aliphatic carbocycles. The first-order valence-corrected chi connectivity index (χ1v) is 11.5. The first-order valence-electron chi connectivity index (χ1n) is 11.5. The minimum absolute atomic E-state index is 0.124. The molecule has 2 aromatic carbocycles. The van der Waals surface area contributed by atoms with Crippen LogP contribution >= 0.6 is 0 Å². The van der Waals surface area contributed by atoms with Crippen molar-refractivity contribution in [2.45, 2.75) is 32.1 Å². The van der Waals surface area contributed by atoms with Crippen LogP contribution in [0, 0.1) is 11.2 Å². The molecule has 2 aliphatic rings. The monoisotopic (exact) mass is 495 g/mol. The summed E-state index contributed by atoms with van der Waals surface area (Å²) in [5.74, 6) is -4.63. The number of carbonyl (C=O) groups excluding carboxylic acids is 2. The SMILES string of the molecule is CC(C)(C(N)=O)[C@H]1c2ccccc2Oc2nc(-c3ccc(C(=O)N4CCC(F)(F)C4)c(F)c3)ccc21. The number of likely N-dealkylation sites (tertiary alicyclic amines) is 1. The molecule has 5 rings (SSSR count). The molecular weight excluding hydrogens is 471 g/mol. The fraction of sp³-hybridized carbons (Fsp3) is 0.296. The highest BCUT2D eigenvalue weighted by atomic mass is 19.3. The van der Waals surface area contributed by atoms with Crippen LogP contribution in [0.2, 0.25) is 0 Å². The van der Waals surface area contributed by atoms with Crippen molar-refractivity contribution >= 4 is 11.8 Å². The zero-order chi connectivity index (χ0) is 25.8. The second-order valence-electron chi connectivity index (χ2n) is 9.78. The van der Waals surface area contributed by atoms with E-state index >= 15 is 0 Å². The Labute approximate surface area is 205 Å². The molecule has 1 aromatic heterocycles. The number of amides is 2. The number of nitrogens with zero attached hydrogens (tertiary/aromatic N) is 2. The predicted molar refractivity (Wildman–Crippen MR) is 126 cm³/mol. The molecular formula is C27H24F3N3O3. The molecule has 1 saturated heterocycles. The van der Waals surface area contributed by atoms with E-state index in [2.05, 4.69) is 4.98 Å². The van der Waals surface area contributed by atoms with Gasteiger partial charge in [-0.25, -0.2) is 18.2 Å². The maximum atomic E-state index is 14.9. The van der Waals surface area contributed by atoms with Crippen LogP contribution in [0.25, 0.3) is 11.3 Å². The highest BCUT2D eigenvalue weighted by Gasteiger charge is 2.43. The standard InChI is InChI=1S/C27H24F3N3O3/c1-26(2,25(31)35)22-17-5-3-4-6-21(17)36-23-18(22)9-10-20(32-23)15-7-8-16(19(28)13-15)24(34)33-12-11-27(29,30)14-33/h3-10,13,22H,11-12,14H2,1-2H3,(H2,31,35)/t22-/m0/s1. The van der Waals surface area contributed by atoms with Gasteiger partial charge in [-0.1, -0.05) is 44.2 Å². The second-order valence-corrected chi connectivity index (χ2v) is 9.78. The van der Waals surface area contributed by atoms with E-state index in [4.69, 9.17) is 10.5 Å². The number of ether oxygens (including phenoxy) is 1. The lowest BCUT2D eigenvalue weighted by molar-refractivity contribution is -0.126. The Morgan fingerprint density at radius 3 is 2.53 bits per heavy atom. The molecule has 9 heteroatoms. The Balaban J connectivity index is 1.50. The van der Waals surface area contributed by atoms with Crippen molar-refractivity contribution in [3.63, 3.8) is 0 Å². The minimum atomic E-state index is -2.96. The van der Waals surface area contributed by atoms with E-state index in [0.717, 1.165) is 16.5 Å². The van der Waals surface area contributed by atoms with Crippen LogP contribution in [0.4, 0.5) is 13.2 Å². The Bertz CT molecular complexity index is 1390. The van der Waals surface area contributed by atoms with Crippen LogP contribution < -0.4 is 10.5 Å². The Hall–Kier alpha value is -3.88. The van der Waals surface area contributed by atoms with Crippen molar-refractivity contribution in [3.8, 4) is 22.9 Å². The molecule has 1 fully saturated rings. The highest BCUT2D eigenvalue weighted by molar-refractivity contribution is 5.95. The van der Waals surface area contributed by atoms with Gasteiger partial charge in [0.2, 0.25) is 11.8 Å². The highest BCUT2D eigenvalue weighted by Crippen LogP contribution is 2.51. The lowest BCUT2D eigenvalue weighted by Crippen LogP contribution is -2.38. The number of nitrogens with two attached hydrogens (primary N) is 1. The average molecular weight is 496 g/mol. The summed E-state index contributed by atoms with van der Waals surface area (Å²) in [6.07, 6.45) is -0.436. The summed E-state index contributed by atoms with van der Waals surface area (Å²) in [7, 11) is 0. The molecule has 3 aromatic rings. The number of halogens is 3. The van der Waals surface area contributed by atoms with Gasteiger partial charge >= 0.3 is 0 Å². The summed E-state index contributed by atoms with van der Waals surface area (Å²) in [5.41, 5.74) is 6.76. The number of benzene rings is 2. The molecule has 0 bridgehead atoms. The zero-order valence-electron chi connectivity index (χ0n) is 19.7. The van der Waals surface area contributed by atoms with Crippen LogP contribution in [-0.2, 0) is 4.79 Å². The van der Waals surface area contributed by atoms with E-state index in [0.29, 0.717) is 22.6 Å². The van der Waals surface area contributed by atoms with Crippen LogP contribution in [-0.4, -0.2) is 40.7 Å². The van der Waals surface area contributed by atoms with Crippen LogP contribution in [0.3, 0.4) is 0 Å². The number of carbonyl (C=O) groups is 2. The molecule has 6 nitrogen and oxygen atoms in total. The van der Waals surface area contributed by atoms with Gasteiger partial charge in [-0.2, -0.15) is 0 Å². The van der Waals surface area contributed by atoms with Gasteiger partial charge in [0.1, 0.15) is 11.6 Å². The van der Waals surface area contributed by atoms with Gasteiger partial charge in [-0.05, 0) is 24.3 Å². The first-order chi connectivity index (χ1) is 17.0. The Morgan fingerprint density at radius 1 is 1.11 bits per heavy atom. The third-order valence-corrected chi connectivity index (χ3v) is 6.95. The van der Waals surface area contributed by atoms with E-state index in [1.54, 1.807) is 32.0 Å². The Kier molecular flexibility index (Phi) is 5.54. The van der Waals surface area contributed by atoms with Crippen LogP contribution in [0.1, 0.15) is 47.7 Å². The number of pyridine rings is 1. The third kappa shape index (κ3) is 3.98. The van der Waals surface area contributed by atoms with Crippen molar-refractivity contribution in [2.75, 3.05) is 13.1 Å². The number of rotatable bonds is 4. The molecule has 36 heavy (non-hydrogen) atoms. The van der Waals surface area contributed by atoms with Gasteiger partial charge in [0.05, 0.1) is 23.2 Å². The van der Waals surface area contributed by atoms with E-state index in [1.165, 1.54) is 12.1 Å². The van der Waals surface area contributed by atoms with E-state index < -0.39 is 47.9 Å². The largest absolute Gasteiger partial charge is 0.438 e. The molecule has 3 heterocycles. The van der Waals surface area contributed by atoms with E-state index in [-0.39, 0.29) is 18.0 Å². The lowest BCUT2D eigenvalue weighted by Gasteiger charge is -2.36. The molecule has 2 amide bonds. The number of alkyl halides is 2. The van der Waals surface area contributed by atoms with Gasteiger partial charge < -0.3 is 15.4 Å². The number of primary amides is 1. The van der Waals surface area contributed by atoms with Crippen LogP contribution in [0.15, 0.2) is 54.6 Å². The van der Waals surface area contributed by atoms with E-state index in [9.17, 15) is 22.8 Å². The van der Waals surface area contributed by atoms with Gasteiger partial charge in [0.25, 0.3) is 11.8 Å². The third-order valence-electron chi connectivity index (χ3n) is 6.95. The van der Waals surface area contributed by atoms with Gasteiger partial charge in [0, 0.05) is 35.6 Å². The molecule has 0 saturated carbocycles. The second kappa shape index (κ2) is 8.36. The quantitative estimate of drug-likeness (QED) is 0.545. The fourth-order valence-corrected chi connectivity index (χ4v) is 4.84. The average Bonchev–Trinajstić information content (AvgIpc) is 3.21. The van der Waals surface area contributed by atoms with Crippen molar-refractivity contribution in [1.82, 2.24) is 9.88 Å². The summed E-state index contributed by atoms with van der Waals surface area (Å²) in [6, 6.07) is 14.7. The van der Waals surface area contributed by atoms with Gasteiger partial charge in [-0.15, -0.1) is 0 Å². The number of para-hydroxylation sites is 1. The van der Waals surface area contributed by atoms with Gasteiger partial charge in [0.15, 0.2) is 0 Å². The van der Waals surface area contributed by atoms with Crippen molar-refractivity contribution in [3.05, 3.63) is 77.1 Å². The lowest BCUT2D eigenvalue weighted by atomic mass is 9.70. The normalized spacial score (nSPS) is 18.2. The molecule has 1 atom stereocenters. The topological polar surface area (TPSA) is 85.5 Å². The van der Waals surface area contributed by atoms with Gasteiger partial charge in [-0.3, -0.25) is 9.59 Å². The first kappa shape index (κ1) is 23.8. The Morgan fingerprint density at radius 2 is 1.86 bits per heavy atom. The molecule has 0 radical (unpaired) electrons. The number of hydrogen-bond acceptors (Lipinski definition) is 4. The number of hydrogen-bond donors (Lipinski definition) is 1. The molecule has 186 valence electrons. The summed E-state index contributed by atoms with van der Waals surface area (Å²) in [6.45, 7) is 2.68. The zero-order valence-corrected chi connectivity index (χ0v) is 19.7. The minimum Gasteiger partial charge on any atom is -0.438 e. The van der Waals surface area contributed by atoms with Crippen molar-refractivity contribution in [1.29, 1.82) is 0 Å². The maximum absolute atomic E-state index is 14.9. The number of aromatic nitrogens is 1. The van der Waals surface area contributed by atoms with Crippen LogP contribution in [0.5, 0.6) is 11.6 Å². The fourth-order valence-electron chi connectivity index (χ4n) is 4.84. The maximum Gasteiger partial charge on any atom is 0.267 e. The van der Waals surface area contributed by atoms with Crippen molar-refractivity contribution in [2.24, 2.45) is 11.1 Å². The summed E-state index contributed by atoms with van der Waals surface area (Å²) in [5, 5.41) is 0. The summed E-state index contributed by atoms with van der Waals surface area (Å²) < 4.78 is 48.0. The van der Waals surface area contributed by atoms with Crippen molar-refractivity contribution < 1.29 is 27.5 Å². The molecule has 2 aliphatic heterocycles. The summed E-state index contributed by atoms with van der Waals surface area (Å²) >= 11 is 0. The molecule has 0 spiro atoms. The number of fused-ring (bicyclic) bond motifs is 2. The smallest absolute Gasteiger partial charge is 0.267 e. The summed E-state index contributed by atoms with van der Waals surface area (Å²) in [4.78, 5) is 30.4.